The molecule has 1 aliphatic heterocycles. The first kappa shape index (κ1) is 21.5. The molecule has 1 N–H and O–H groups in total. The molecule has 1 aliphatic rings. The monoisotopic (exact) mass is 497 g/mol. The molecule has 4 nitrogen and oxygen atoms in total. The average molecular weight is 498 g/mol. The highest BCUT2D eigenvalue weighted by atomic mass is 35.5. The minimum atomic E-state index is -0.587. The first-order chi connectivity index (χ1) is 15.4. The molecule has 160 valence electrons. The molecule has 1 atom stereocenters. The summed E-state index contributed by atoms with van der Waals surface area (Å²) in [6, 6.07) is 13.8. The smallest absolute Gasteiger partial charge is 0.186 e. The molecular formula is C24H17Cl2N3OS2. The van der Waals surface area contributed by atoms with Crippen LogP contribution in [0.2, 0.25) is 10.0 Å². The Labute approximate surface area is 203 Å². The summed E-state index contributed by atoms with van der Waals surface area (Å²) in [6.45, 7) is 2.68. The number of hydrogen-bond donors (Lipinski definition) is 1. The molecule has 3 heterocycles. The number of carbonyl (C=O) groups is 1. The lowest BCUT2D eigenvalue weighted by Crippen LogP contribution is -2.11. The number of allylic oxidation sites excluding steroid dienone is 1. The van der Waals surface area contributed by atoms with Crippen LogP contribution in [-0.2, 0) is 11.3 Å². The van der Waals surface area contributed by atoms with Crippen molar-refractivity contribution in [2.24, 2.45) is 0 Å². The molecule has 1 fully saturated rings. The van der Waals surface area contributed by atoms with Gasteiger partial charge in [-0.2, -0.15) is 0 Å². The maximum atomic E-state index is 13.1. The van der Waals surface area contributed by atoms with Gasteiger partial charge in [-0.05, 0) is 36.8 Å². The van der Waals surface area contributed by atoms with E-state index in [1.807, 2.05) is 35.7 Å². The van der Waals surface area contributed by atoms with E-state index in [0.717, 1.165) is 27.7 Å². The van der Waals surface area contributed by atoms with Gasteiger partial charge in [-0.1, -0.05) is 59.2 Å². The molecule has 0 amide bonds. The molecule has 0 spiro atoms. The number of ketones is 1. The predicted octanol–water partition coefficient (Wildman–Crippen LogP) is 7.18. The van der Waals surface area contributed by atoms with Gasteiger partial charge >= 0.3 is 0 Å². The lowest BCUT2D eigenvalue weighted by molar-refractivity contribution is -0.114. The van der Waals surface area contributed by atoms with Crippen LogP contribution in [0.25, 0.3) is 17.0 Å². The molecule has 4 aromatic rings. The highest BCUT2D eigenvalue weighted by Crippen LogP contribution is 2.42. The summed E-state index contributed by atoms with van der Waals surface area (Å²) in [7, 11) is 0. The third-order valence-corrected chi connectivity index (χ3v) is 8.14. The third kappa shape index (κ3) is 3.71. The van der Waals surface area contributed by atoms with Crippen molar-refractivity contribution in [1.29, 1.82) is 5.41 Å². The van der Waals surface area contributed by atoms with Crippen molar-refractivity contribution < 1.29 is 4.79 Å². The Morgan fingerprint density at radius 1 is 1.19 bits per heavy atom. The lowest BCUT2D eigenvalue weighted by Gasteiger charge is -2.10. The molecule has 0 radical (unpaired) electrons. The maximum absolute atomic E-state index is 13.1. The Bertz CT molecular complexity index is 1410. The zero-order chi connectivity index (χ0) is 22.4. The van der Waals surface area contributed by atoms with Gasteiger partial charge in [0.15, 0.2) is 5.78 Å². The van der Waals surface area contributed by atoms with Crippen LogP contribution in [0.15, 0.2) is 58.9 Å². The number of nitrogens with zero attached hydrogens (tertiary/aromatic N) is 2. The molecule has 1 saturated heterocycles. The molecule has 0 aliphatic carbocycles. The molecule has 2 aromatic heterocycles. The van der Waals surface area contributed by atoms with Crippen molar-refractivity contribution >= 4 is 74.1 Å². The van der Waals surface area contributed by atoms with E-state index in [4.69, 9.17) is 28.6 Å². The zero-order valence-electron chi connectivity index (χ0n) is 16.9. The van der Waals surface area contributed by atoms with Crippen LogP contribution in [-0.4, -0.2) is 20.4 Å². The average Bonchev–Trinajstić information content (AvgIpc) is 3.46. The van der Waals surface area contributed by atoms with Crippen molar-refractivity contribution in [3.63, 3.8) is 0 Å². The number of carbonyl (C=O) groups excluding carboxylic acids is 1. The fourth-order valence-corrected chi connectivity index (χ4v) is 6.09. The van der Waals surface area contributed by atoms with Gasteiger partial charge in [-0.25, -0.2) is 4.98 Å². The SMILES string of the molecule is Cc1c(/C=C2\SC(=N)[C@@H](c3nccs3)C2=O)c2ccccc2n1Cc1ccc(Cl)c(Cl)c1. The lowest BCUT2D eigenvalue weighted by atomic mass is 10.0. The fraction of sp³-hybridized carbons (Fsp3) is 0.125. The van der Waals surface area contributed by atoms with E-state index in [-0.39, 0.29) is 5.78 Å². The minimum absolute atomic E-state index is 0.0596. The van der Waals surface area contributed by atoms with Gasteiger partial charge in [-0.3, -0.25) is 10.2 Å². The molecule has 5 rings (SSSR count). The van der Waals surface area contributed by atoms with Crippen molar-refractivity contribution in [3.8, 4) is 0 Å². The van der Waals surface area contributed by atoms with E-state index in [2.05, 4.69) is 28.6 Å². The van der Waals surface area contributed by atoms with E-state index in [1.54, 1.807) is 12.3 Å². The van der Waals surface area contributed by atoms with Crippen molar-refractivity contribution in [2.45, 2.75) is 19.4 Å². The van der Waals surface area contributed by atoms with E-state index in [1.165, 1.54) is 23.1 Å². The van der Waals surface area contributed by atoms with Crippen LogP contribution < -0.4 is 0 Å². The number of thioether (sulfide) groups is 1. The Kier molecular flexibility index (Phi) is 5.72. The molecule has 2 aromatic carbocycles. The Hall–Kier alpha value is -2.38. The predicted molar refractivity (Wildman–Crippen MR) is 135 cm³/mol. The summed E-state index contributed by atoms with van der Waals surface area (Å²) in [4.78, 5) is 18.0. The van der Waals surface area contributed by atoms with Crippen LogP contribution in [0.3, 0.4) is 0 Å². The Balaban J connectivity index is 1.58. The van der Waals surface area contributed by atoms with E-state index in [0.29, 0.717) is 31.5 Å². The molecule has 0 saturated carbocycles. The van der Waals surface area contributed by atoms with Gasteiger partial charge in [0.05, 0.1) is 20.0 Å². The number of para-hydroxylation sites is 1. The highest BCUT2D eigenvalue weighted by molar-refractivity contribution is 8.19. The van der Waals surface area contributed by atoms with Gasteiger partial charge in [0.25, 0.3) is 0 Å². The molecule has 0 bridgehead atoms. The van der Waals surface area contributed by atoms with Crippen LogP contribution >= 0.6 is 46.3 Å². The summed E-state index contributed by atoms with van der Waals surface area (Å²) >= 11 is 14.9. The molecule has 8 heteroatoms. The van der Waals surface area contributed by atoms with Crippen LogP contribution in [0, 0.1) is 12.3 Å². The van der Waals surface area contributed by atoms with Gasteiger partial charge in [0.2, 0.25) is 0 Å². The van der Waals surface area contributed by atoms with Gasteiger partial charge in [-0.15, -0.1) is 11.3 Å². The number of benzene rings is 2. The Morgan fingerprint density at radius 2 is 2.00 bits per heavy atom. The molecule has 32 heavy (non-hydrogen) atoms. The molecule has 0 unspecified atom stereocenters. The van der Waals surface area contributed by atoms with Crippen molar-refractivity contribution in [2.75, 3.05) is 0 Å². The number of aromatic nitrogens is 2. The first-order valence-corrected chi connectivity index (χ1v) is 12.3. The quantitative estimate of drug-likeness (QED) is 0.303. The topological polar surface area (TPSA) is 58.7 Å². The summed E-state index contributed by atoms with van der Waals surface area (Å²) in [5.74, 6) is -0.647. The number of nitrogens with one attached hydrogen (secondary N) is 1. The second kappa shape index (κ2) is 8.52. The minimum Gasteiger partial charge on any atom is -0.340 e. The fourth-order valence-electron chi connectivity index (χ4n) is 3.99. The number of halogens is 2. The summed E-state index contributed by atoms with van der Waals surface area (Å²) < 4.78 is 2.22. The van der Waals surface area contributed by atoms with Crippen LogP contribution in [0.1, 0.15) is 27.7 Å². The second-order valence-electron chi connectivity index (χ2n) is 7.49. The number of thiazole rings is 1. The molecular weight excluding hydrogens is 481 g/mol. The first-order valence-electron chi connectivity index (χ1n) is 9.87. The van der Waals surface area contributed by atoms with E-state index in [9.17, 15) is 4.79 Å². The van der Waals surface area contributed by atoms with E-state index >= 15 is 0 Å². The zero-order valence-corrected chi connectivity index (χ0v) is 20.1. The van der Waals surface area contributed by atoms with Crippen LogP contribution in [0.4, 0.5) is 0 Å². The third-order valence-electron chi connectivity index (χ3n) is 5.57. The van der Waals surface area contributed by atoms with Gasteiger partial charge < -0.3 is 4.57 Å². The van der Waals surface area contributed by atoms with E-state index < -0.39 is 5.92 Å². The number of Topliss-reactive ketones (excluding diaryl/α,β-unsaturated/α-hetero) is 1. The largest absolute Gasteiger partial charge is 0.340 e. The van der Waals surface area contributed by atoms with Gasteiger partial charge in [0.1, 0.15) is 10.9 Å². The summed E-state index contributed by atoms with van der Waals surface area (Å²) in [5.41, 5.74) is 4.15. The summed E-state index contributed by atoms with van der Waals surface area (Å²) in [5, 5.41) is 13.3. The summed E-state index contributed by atoms with van der Waals surface area (Å²) in [6.07, 6.45) is 3.60. The highest BCUT2D eigenvalue weighted by Gasteiger charge is 2.38. The Morgan fingerprint density at radius 3 is 2.75 bits per heavy atom. The number of rotatable bonds is 4. The normalized spacial score (nSPS) is 17.7. The maximum Gasteiger partial charge on any atom is 0.186 e. The van der Waals surface area contributed by atoms with Crippen LogP contribution in [0.5, 0.6) is 0 Å². The second-order valence-corrected chi connectivity index (χ2v) is 10.3. The van der Waals surface area contributed by atoms with Crippen molar-refractivity contribution in [1.82, 2.24) is 9.55 Å². The number of hydrogen-bond acceptors (Lipinski definition) is 5. The van der Waals surface area contributed by atoms with Gasteiger partial charge in [0, 0.05) is 40.3 Å². The number of fused-ring (bicyclic) bond motifs is 1. The standard InChI is InChI=1S/C24H17Cl2N3OS2/c1-13-16(11-20-22(30)21(23(27)32-20)24-28-8-9-31-24)15-4-2-3-5-19(15)29(13)12-14-6-7-17(25)18(26)10-14/h2-11,21,27H,12H2,1H3/b20-11-,27-23?/t21-/m0/s1. The van der Waals surface area contributed by atoms with Crippen molar-refractivity contribution in [3.05, 3.63) is 90.8 Å².